The number of carboxylic acid groups (broad SMARTS) is 1. The summed E-state index contributed by atoms with van der Waals surface area (Å²) in [7, 11) is 1.54. The van der Waals surface area contributed by atoms with Gasteiger partial charge < -0.3 is 20.6 Å². The van der Waals surface area contributed by atoms with Crippen LogP contribution in [0.4, 0.5) is 5.82 Å². The molecule has 0 saturated heterocycles. The van der Waals surface area contributed by atoms with Crippen LogP contribution in [0, 0.1) is 0 Å². The second-order valence-corrected chi connectivity index (χ2v) is 6.20. The molecule has 0 aliphatic carbocycles. The first-order valence-corrected chi connectivity index (χ1v) is 8.94. The lowest BCUT2D eigenvalue weighted by Gasteiger charge is -2.18. The summed E-state index contributed by atoms with van der Waals surface area (Å²) in [4.78, 5) is 40.9. The van der Waals surface area contributed by atoms with E-state index in [0.29, 0.717) is 24.2 Å². The predicted molar refractivity (Wildman–Crippen MR) is 105 cm³/mol. The van der Waals surface area contributed by atoms with Gasteiger partial charge in [0.1, 0.15) is 5.82 Å². The predicted octanol–water partition coefficient (Wildman–Crippen LogP) is 1.40. The van der Waals surface area contributed by atoms with Crippen LogP contribution in [0.15, 0.2) is 48.7 Å². The number of benzene rings is 1. The number of pyridine rings is 1. The quantitative estimate of drug-likeness (QED) is 0.534. The molecule has 0 bridgehead atoms. The van der Waals surface area contributed by atoms with Gasteiger partial charge in [0.2, 0.25) is 5.91 Å². The number of carboxylic acids is 1. The molecule has 2 aromatic rings. The molecule has 0 aliphatic rings. The van der Waals surface area contributed by atoms with Crippen LogP contribution in [-0.4, -0.2) is 59.5 Å². The Morgan fingerprint density at radius 1 is 1.07 bits per heavy atom. The molecule has 0 unspecified atom stereocenters. The molecule has 28 heavy (non-hydrogen) atoms. The third-order valence-corrected chi connectivity index (χ3v) is 4.00. The van der Waals surface area contributed by atoms with E-state index in [4.69, 9.17) is 5.11 Å². The average Bonchev–Trinajstić information content (AvgIpc) is 2.70. The summed E-state index contributed by atoms with van der Waals surface area (Å²) in [5.74, 6) is -0.791. The maximum atomic E-state index is 12.6. The Morgan fingerprint density at radius 2 is 1.82 bits per heavy atom. The standard InChI is InChI=1S/C20H24N4O4/c1-24(14-18(25)23-13-12-22-17-8-4-5-11-21-17)20(28)16-7-3-2-6-15(16)9-10-19(26)27/h2-8,11H,9-10,12-14H2,1H3,(H,21,22)(H,23,25)(H,26,27). The van der Waals surface area contributed by atoms with Gasteiger partial charge in [-0.25, -0.2) is 4.98 Å². The number of aromatic nitrogens is 1. The van der Waals surface area contributed by atoms with Crippen molar-refractivity contribution in [2.45, 2.75) is 12.8 Å². The van der Waals surface area contributed by atoms with Gasteiger partial charge in [-0.05, 0) is 30.2 Å². The first kappa shape index (κ1) is 20.9. The smallest absolute Gasteiger partial charge is 0.303 e. The number of nitrogens with one attached hydrogen (secondary N) is 2. The molecule has 0 radical (unpaired) electrons. The summed E-state index contributed by atoms with van der Waals surface area (Å²) < 4.78 is 0. The highest BCUT2D eigenvalue weighted by molar-refractivity contribution is 5.97. The number of rotatable bonds is 10. The molecular weight excluding hydrogens is 360 g/mol. The number of amides is 2. The van der Waals surface area contributed by atoms with Crippen LogP contribution in [0.25, 0.3) is 0 Å². The number of nitrogens with zero attached hydrogens (tertiary/aromatic N) is 2. The fraction of sp³-hybridized carbons (Fsp3) is 0.300. The molecule has 8 nitrogen and oxygen atoms in total. The number of aliphatic carboxylic acids is 1. The number of anilines is 1. The third kappa shape index (κ3) is 6.71. The van der Waals surface area contributed by atoms with Gasteiger partial charge in [0, 0.05) is 38.3 Å². The van der Waals surface area contributed by atoms with Gasteiger partial charge in [-0.2, -0.15) is 0 Å². The number of hydrogen-bond donors (Lipinski definition) is 3. The van der Waals surface area contributed by atoms with E-state index in [1.165, 1.54) is 4.90 Å². The molecule has 1 aromatic carbocycles. The molecule has 2 rings (SSSR count). The average molecular weight is 384 g/mol. The summed E-state index contributed by atoms with van der Waals surface area (Å²) >= 11 is 0. The third-order valence-electron chi connectivity index (χ3n) is 4.00. The van der Waals surface area contributed by atoms with Crippen LogP contribution in [0.2, 0.25) is 0 Å². The van der Waals surface area contributed by atoms with E-state index in [9.17, 15) is 14.4 Å². The highest BCUT2D eigenvalue weighted by Gasteiger charge is 2.18. The fourth-order valence-electron chi connectivity index (χ4n) is 2.60. The molecule has 2 amide bonds. The maximum Gasteiger partial charge on any atom is 0.303 e. The van der Waals surface area contributed by atoms with E-state index in [1.807, 2.05) is 18.2 Å². The molecule has 8 heteroatoms. The Hall–Kier alpha value is -3.42. The molecule has 1 aromatic heterocycles. The van der Waals surface area contributed by atoms with E-state index in [2.05, 4.69) is 15.6 Å². The Kier molecular flexibility index (Phi) is 7.95. The Bertz CT molecular complexity index is 811. The van der Waals surface area contributed by atoms with Crippen LogP contribution in [0.3, 0.4) is 0 Å². The van der Waals surface area contributed by atoms with E-state index in [1.54, 1.807) is 37.5 Å². The summed E-state index contributed by atoms with van der Waals surface area (Å²) in [6, 6.07) is 12.4. The van der Waals surface area contributed by atoms with Crippen molar-refractivity contribution in [3.05, 3.63) is 59.8 Å². The maximum absolute atomic E-state index is 12.6. The van der Waals surface area contributed by atoms with E-state index in [-0.39, 0.29) is 31.2 Å². The molecule has 0 atom stereocenters. The van der Waals surface area contributed by atoms with Crippen molar-refractivity contribution in [2.24, 2.45) is 0 Å². The van der Waals surface area contributed by atoms with Crippen molar-refractivity contribution in [1.82, 2.24) is 15.2 Å². The van der Waals surface area contributed by atoms with Crippen LogP contribution in [0.5, 0.6) is 0 Å². The van der Waals surface area contributed by atoms with Crippen LogP contribution in [-0.2, 0) is 16.0 Å². The molecule has 0 saturated carbocycles. The number of aryl methyl sites for hydroxylation is 1. The molecule has 3 N–H and O–H groups in total. The SMILES string of the molecule is CN(CC(=O)NCCNc1ccccn1)C(=O)c1ccccc1CCC(=O)O. The zero-order valence-corrected chi connectivity index (χ0v) is 15.7. The van der Waals surface area contributed by atoms with Crippen LogP contribution < -0.4 is 10.6 Å². The minimum atomic E-state index is -0.922. The molecule has 148 valence electrons. The van der Waals surface area contributed by atoms with Gasteiger partial charge in [0.05, 0.1) is 6.54 Å². The summed E-state index contributed by atoms with van der Waals surface area (Å²) in [5, 5.41) is 14.7. The first-order chi connectivity index (χ1) is 13.5. The van der Waals surface area contributed by atoms with Gasteiger partial charge >= 0.3 is 5.97 Å². The summed E-state index contributed by atoms with van der Waals surface area (Å²) in [5.41, 5.74) is 1.07. The zero-order chi connectivity index (χ0) is 20.4. The van der Waals surface area contributed by atoms with Gasteiger partial charge in [-0.1, -0.05) is 24.3 Å². The lowest BCUT2D eigenvalue weighted by Crippen LogP contribution is -2.40. The van der Waals surface area contributed by atoms with Crippen LogP contribution >= 0.6 is 0 Å². The molecular formula is C20H24N4O4. The first-order valence-electron chi connectivity index (χ1n) is 8.94. The minimum Gasteiger partial charge on any atom is -0.481 e. The number of likely N-dealkylation sites (N-methyl/N-ethyl adjacent to an activating group) is 1. The van der Waals surface area contributed by atoms with E-state index in [0.717, 1.165) is 5.82 Å². The van der Waals surface area contributed by atoms with E-state index < -0.39 is 5.97 Å². The van der Waals surface area contributed by atoms with Crippen molar-refractivity contribution in [3.8, 4) is 0 Å². The molecule has 1 heterocycles. The van der Waals surface area contributed by atoms with Crippen LogP contribution in [0.1, 0.15) is 22.3 Å². The highest BCUT2D eigenvalue weighted by atomic mass is 16.4. The topological polar surface area (TPSA) is 112 Å². The summed E-state index contributed by atoms with van der Waals surface area (Å²) in [6.07, 6.45) is 1.88. The number of hydrogen-bond acceptors (Lipinski definition) is 5. The lowest BCUT2D eigenvalue weighted by atomic mass is 10.0. The second-order valence-electron chi connectivity index (χ2n) is 6.20. The lowest BCUT2D eigenvalue weighted by molar-refractivity contribution is -0.137. The normalized spacial score (nSPS) is 10.2. The summed E-state index contributed by atoms with van der Waals surface area (Å²) in [6.45, 7) is 0.820. The molecule has 0 aliphatic heterocycles. The largest absolute Gasteiger partial charge is 0.481 e. The van der Waals surface area contributed by atoms with Gasteiger partial charge in [-0.3, -0.25) is 14.4 Å². The van der Waals surface area contributed by atoms with Gasteiger partial charge in [0.25, 0.3) is 5.91 Å². The van der Waals surface area contributed by atoms with Gasteiger partial charge in [-0.15, -0.1) is 0 Å². The Morgan fingerprint density at radius 3 is 2.54 bits per heavy atom. The highest BCUT2D eigenvalue weighted by Crippen LogP contribution is 2.13. The van der Waals surface area contributed by atoms with E-state index >= 15 is 0 Å². The fourth-order valence-corrected chi connectivity index (χ4v) is 2.60. The van der Waals surface area contributed by atoms with Crippen molar-refractivity contribution in [1.29, 1.82) is 0 Å². The van der Waals surface area contributed by atoms with Crippen molar-refractivity contribution >= 4 is 23.6 Å². The van der Waals surface area contributed by atoms with Crippen molar-refractivity contribution < 1.29 is 19.5 Å². The zero-order valence-electron chi connectivity index (χ0n) is 15.7. The number of carbonyl (C=O) groups is 3. The Balaban J connectivity index is 1.81. The molecule has 0 fully saturated rings. The second kappa shape index (κ2) is 10.7. The monoisotopic (exact) mass is 384 g/mol. The number of carbonyl (C=O) groups excluding carboxylic acids is 2. The van der Waals surface area contributed by atoms with Gasteiger partial charge in [0.15, 0.2) is 0 Å². The van der Waals surface area contributed by atoms with Crippen molar-refractivity contribution in [3.63, 3.8) is 0 Å². The molecule has 0 spiro atoms. The Labute approximate surface area is 163 Å². The van der Waals surface area contributed by atoms with Crippen molar-refractivity contribution in [2.75, 3.05) is 32.0 Å². The minimum absolute atomic E-state index is 0.0578.